The highest BCUT2D eigenvalue weighted by Crippen LogP contribution is 2.26. The Hall–Kier alpha value is -1.71. The monoisotopic (exact) mass is 335 g/mol. The summed E-state index contributed by atoms with van der Waals surface area (Å²) in [4.78, 5) is 21.0. The number of nitro benzene ring substituents is 1. The Morgan fingerprint density at radius 2 is 2.10 bits per heavy atom. The molecular weight excluding hydrogens is 322 g/mol. The van der Waals surface area contributed by atoms with E-state index in [9.17, 15) is 23.3 Å². The molecular formula is C11H14ClN3O5S. The van der Waals surface area contributed by atoms with Crippen molar-refractivity contribution in [1.29, 1.82) is 0 Å². The average molecular weight is 336 g/mol. The lowest BCUT2D eigenvalue weighted by atomic mass is 10.3. The molecule has 0 fully saturated rings. The lowest BCUT2D eigenvalue weighted by Gasteiger charge is -2.07. The van der Waals surface area contributed by atoms with Crippen molar-refractivity contribution in [3.63, 3.8) is 0 Å². The molecule has 2 N–H and O–H groups in total. The first kappa shape index (κ1) is 17.3. The Morgan fingerprint density at radius 3 is 2.67 bits per heavy atom. The van der Waals surface area contributed by atoms with Crippen LogP contribution in [0.15, 0.2) is 23.1 Å². The van der Waals surface area contributed by atoms with Crippen molar-refractivity contribution < 1.29 is 18.1 Å². The van der Waals surface area contributed by atoms with Crippen LogP contribution in [0.3, 0.4) is 0 Å². The fourth-order valence-electron chi connectivity index (χ4n) is 1.37. The molecule has 0 bridgehead atoms. The fourth-order valence-corrected chi connectivity index (χ4v) is 2.56. The van der Waals surface area contributed by atoms with Gasteiger partial charge in [0.25, 0.3) is 5.69 Å². The molecule has 0 aliphatic rings. The summed E-state index contributed by atoms with van der Waals surface area (Å²) >= 11 is 5.60. The van der Waals surface area contributed by atoms with Crippen molar-refractivity contribution in [3.05, 3.63) is 33.3 Å². The second-order valence-corrected chi connectivity index (χ2v) is 6.22. The topological polar surface area (TPSA) is 118 Å². The lowest BCUT2D eigenvalue weighted by Crippen LogP contribution is -2.37. The number of nitrogens with zero attached hydrogens (tertiary/aromatic N) is 1. The minimum absolute atomic E-state index is 0.167. The van der Waals surface area contributed by atoms with Gasteiger partial charge in [0.05, 0.1) is 16.4 Å². The molecule has 8 nitrogen and oxygen atoms in total. The lowest BCUT2D eigenvalue weighted by molar-refractivity contribution is -0.384. The number of nitro groups is 1. The molecule has 0 spiro atoms. The summed E-state index contributed by atoms with van der Waals surface area (Å²) in [6.45, 7) is 1.85. The minimum atomic E-state index is -4.03. The maximum atomic E-state index is 11.9. The van der Waals surface area contributed by atoms with Crippen LogP contribution < -0.4 is 10.0 Å². The first-order valence-electron chi connectivity index (χ1n) is 5.98. The molecule has 0 aromatic heterocycles. The highest BCUT2D eigenvalue weighted by molar-refractivity contribution is 7.89. The molecule has 1 aromatic rings. The fraction of sp³-hybridized carbons (Fsp3) is 0.364. The standard InChI is InChI=1S/C11H14ClN3O5S/c1-2-5-13-11(16)7-14-21(19,20)8-3-4-9(12)10(6-8)15(17)18/h3-4,6,14H,2,5,7H2,1H3,(H,13,16). The van der Waals surface area contributed by atoms with E-state index in [1.807, 2.05) is 6.92 Å². The predicted octanol–water partition coefficient (Wildman–Crippen LogP) is 1.05. The Labute approximate surface area is 126 Å². The summed E-state index contributed by atoms with van der Waals surface area (Å²) < 4.78 is 25.9. The van der Waals surface area contributed by atoms with Gasteiger partial charge in [-0.1, -0.05) is 18.5 Å². The molecule has 21 heavy (non-hydrogen) atoms. The largest absolute Gasteiger partial charge is 0.355 e. The van der Waals surface area contributed by atoms with Gasteiger partial charge in [0, 0.05) is 12.6 Å². The van der Waals surface area contributed by atoms with E-state index in [1.165, 1.54) is 0 Å². The molecule has 0 heterocycles. The molecule has 10 heteroatoms. The Bertz CT molecular complexity index is 647. The van der Waals surface area contributed by atoms with Crippen LogP contribution in [0.2, 0.25) is 5.02 Å². The van der Waals surface area contributed by atoms with Crippen LogP contribution in [0.1, 0.15) is 13.3 Å². The molecule has 0 atom stereocenters. The van der Waals surface area contributed by atoms with Crippen LogP contribution in [0, 0.1) is 10.1 Å². The molecule has 1 aromatic carbocycles. The molecule has 116 valence electrons. The van der Waals surface area contributed by atoms with E-state index < -0.39 is 33.1 Å². The maximum Gasteiger partial charge on any atom is 0.289 e. The zero-order valence-electron chi connectivity index (χ0n) is 11.1. The number of amides is 1. The first-order chi connectivity index (χ1) is 9.77. The number of sulfonamides is 1. The van der Waals surface area contributed by atoms with Gasteiger partial charge in [-0.15, -0.1) is 0 Å². The number of carbonyl (C=O) groups is 1. The number of carbonyl (C=O) groups excluding carboxylic acids is 1. The van der Waals surface area contributed by atoms with Crippen LogP contribution in [0.4, 0.5) is 5.69 Å². The number of nitrogens with one attached hydrogen (secondary N) is 2. The second-order valence-electron chi connectivity index (χ2n) is 4.04. The zero-order chi connectivity index (χ0) is 16.0. The van der Waals surface area contributed by atoms with Gasteiger partial charge in [-0.2, -0.15) is 0 Å². The highest BCUT2D eigenvalue weighted by atomic mass is 35.5. The molecule has 0 saturated carbocycles. The summed E-state index contributed by atoms with van der Waals surface area (Å²) in [7, 11) is -4.03. The quantitative estimate of drug-likeness (QED) is 0.570. The summed E-state index contributed by atoms with van der Waals surface area (Å²) in [5.41, 5.74) is -0.519. The molecule has 0 radical (unpaired) electrons. The maximum absolute atomic E-state index is 11.9. The van der Waals surface area contributed by atoms with Crippen molar-refractivity contribution in [2.75, 3.05) is 13.1 Å². The van der Waals surface area contributed by atoms with Crippen molar-refractivity contribution in [2.24, 2.45) is 0 Å². The third kappa shape index (κ3) is 4.96. The van der Waals surface area contributed by atoms with Gasteiger partial charge in [-0.05, 0) is 18.6 Å². The van der Waals surface area contributed by atoms with Crippen molar-refractivity contribution in [2.45, 2.75) is 18.2 Å². The summed E-state index contributed by atoms with van der Waals surface area (Å²) in [5.74, 6) is -0.483. The van der Waals surface area contributed by atoms with Crippen molar-refractivity contribution in [1.82, 2.24) is 10.0 Å². The van der Waals surface area contributed by atoms with Crippen LogP contribution >= 0.6 is 11.6 Å². The van der Waals surface area contributed by atoms with Crippen LogP contribution in [0.5, 0.6) is 0 Å². The Balaban J connectivity index is 2.86. The summed E-state index contributed by atoms with van der Waals surface area (Å²) in [5, 5.41) is 13.1. The van der Waals surface area contributed by atoms with E-state index in [2.05, 4.69) is 10.0 Å². The number of hydrogen-bond acceptors (Lipinski definition) is 5. The predicted molar refractivity (Wildman–Crippen MR) is 76.6 cm³/mol. The molecule has 1 rings (SSSR count). The molecule has 0 unspecified atom stereocenters. The van der Waals surface area contributed by atoms with Crippen LogP contribution in [0.25, 0.3) is 0 Å². The molecule has 0 aliphatic heterocycles. The number of rotatable bonds is 7. The van der Waals surface area contributed by atoms with Crippen molar-refractivity contribution >= 4 is 33.2 Å². The van der Waals surface area contributed by atoms with Gasteiger partial charge in [0.1, 0.15) is 5.02 Å². The summed E-state index contributed by atoms with van der Waals surface area (Å²) in [6.07, 6.45) is 0.724. The van der Waals surface area contributed by atoms with E-state index in [0.717, 1.165) is 24.6 Å². The Kier molecular flexibility index (Phi) is 6.06. The van der Waals surface area contributed by atoms with Crippen molar-refractivity contribution in [3.8, 4) is 0 Å². The Morgan fingerprint density at radius 1 is 1.43 bits per heavy atom. The van der Waals surface area contributed by atoms with E-state index in [-0.39, 0.29) is 9.92 Å². The van der Waals surface area contributed by atoms with Gasteiger partial charge in [0.15, 0.2) is 0 Å². The van der Waals surface area contributed by atoms with E-state index >= 15 is 0 Å². The average Bonchev–Trinajstić information content (AvgIpc) is 2.42. The third-order valence-corrected chi connectivity index (χ3v) is 4.14. The van der Waals surface area contributed by atoms with Gasteiger partial charge < -0.3 is 5.32 Å². The SMILES string of the molecule is CCCNC(=O)CNS(=O)(=O)c1ccc(Cl)c([N+](=O)[O-])c1. The second kappa shape index (κ2) is 7.34. The van der Waals surface area contributed by atoms with Crippen LogP contribution in [-0.4, -0.2) is 32.3 Å². The van der Waals surface area contributed by atoms with Gasteiger partial charge >= 0.3 is 0 Å². The van der Waals surface area contributed by atoms with Crippen LogP contribution in [-0.2, 0) is 14.8 Å². The first-order valence-corrected chi connectivity index (χ1v) is 7.84. The van der Waals surface area contributed by atoms with E-state index in [1.54, 1.807) is 0 Å². The van der Waals surface area contributed by atoms with Gasteiger partial charge in [0.2, 0.25) is 15.9 Å². The number of halogens is 1. The van der Waals surface area contributed by atoms with E-state index in [4.69, 9.17) is 11.6 Å². The zero-order valence-corrected chi connectivity index (χ0v) is 12.7. The smallest absolute Gasteiger partial charge is 0.289 e. The highest BCUT2D eigenvalue weighted by Gasteiger charge is 2.21. The molecule has 0 saturated heterocycles. The van der Waals surface area contributed by atoms with Gasteiger partial charge in [-0.25, -0.2) is 13.1 Å². The molecule has 1 amide bonds. The normalized spacial score (nSPS) is 11.1. The molecule has 0 aliphatic carbocycles. The summed E-state index contributed by atoms with van der Waals surface area (Å²) in [6, 6.07) is 3.08. The number of benzene rings is 1. The number of hydrogen-bond donors (Lipinski definition) is 2. The third-order valence-electron chi connectivity index (χ3n) is 2.42. The van der Waals surface area contributed by atoms with E-state index in [0.29, 0.717) is 6.54 Å². The van der Waals surface area contributed by atoms with Gasteiger partial charge in [-0.3, -0.25) is 14.9 Å². The minimum Gasteiger partial charge on any atom is -0.355 e.